The van der Waals surface area contributed by atoms with Crippen LogP contribution in [-0.4, -0.2) is 81.0 Å². The van der Waals surface area contributed by atoms with E-state index in [-0.39, 0.29) is 18.6 Å². The van der Waals surface area contributed by atoms with Gasteiger partial charge in [0.25, 0.3) is 0 Å². The number of carboxylic acids is 2. The van der Waals surface area contributed by atoms with E-state index < -0.39 is 59.9 Å². The highest BCUT2D eigenvalue weighted by Gasteiger charge is 2.31. The number of carboxylic acid groups (broad SMARTS) is 2. The zero-order chi connectivity index (χ0) is 22.0. The van der Waals surface area contributed by atoms with Gasteiger partial charge in [-0.25, -0.2) is 0 Å². The number of nitrogens with one attached hydrogen (secondary N) is 3. The Balaban J connectivity index is 4.99. The summed E-state index contributed by atoms with van der Waals surface area (Å²) in [6.07, 6.45) is -1.90. The number of nitrogens with two attached hydrogens (primary N) is 1. The van der Waals surface area contributed by atoms with Gasteiger partial charge in [0.05, 0.1) is 12.1 Å². The van der Waals surface area contributed by atoms with Crippen LogP contribution in [0.15, 0.2) is 0 Å². The first-order chi connectivity index (χ1) is 12.9. The second kappa shape index (κ2) is 12.2. The predicted molar refractivity (Wildman–Crippen MR) is 99.5 cm³/mol. The molecule has 0 saturated carbocycles. The van der Waals surface area contributed by atoms with Crippen molar-refractivity contribution >= 4 is 42.3 Å². The molecule has 5 atom stereocenters. The molecule has 0 aliphatic rings. The van der Waals surface area contributed by atoms with Gasteiger partial charge in [0.1, 0.15) is 18.1 Å². The number of amides is 3. The Labute approximate surface area is 166 Å². The number of hydrogen-bond donors (Lipinski definition) is 8. The summed E-state index contributed by atoms with van der Waals surface area (Å²) < 4.78 is 0. The van der Waals surface area contributed by atoms with Crippen LogP contribution in [0.5, 0.6) is 0 Å². The topological polar surface area (TPSA) is 208 Å². The maximum absolute atomic E-state index is 12.4. The van der Waals surface area contributed by atoms with Crippen molar-refractivity contribution in [1.82, 2.24) is 16.0 Å². The number of carbonyl (C=O) groups excluding carboxylic acids is 3. The van der Waals surface area contributed by atoms with Crippen molar-refractivity contribution < 1.29 is 39.3 Å². The van der Waals surface area contributed by atoms with Crippen LogP contribution in [0.4, 0.5) is 0 Å². The number of carbonyl (C=O) groups is 5. The molecule has 0 fully saturated rings. The monoisotopic (exact) mass is 422 g/mol. The first kappa shape index (κ1) is 25.6. The molecular weight excluding hydrogens is 396 g/mol. The second-order valence-corrected chi connectivity index (χ2v) is 6.44. The van der Waals surface area contributed by atoms with E-state index in [4.69, 9.17) is 15.9 Å². The van der Waals surface area contributed by atoms with Crippen LogP contribution < -0.4 is 21.7 Å². The van der Waals surface area contributed by atoms with Gasteiger partial charge in [-0.1, -0.05) is 0 Å². The lowest BCUT2D eigenvalue weighted by Gasteiger charge is -2.25. The van der Waals surface area contributed by atoms with E-state index in [2.05, 4.69) is 28.6 Å². The maximum Gasteiger partial charge on any atom is 0.325 e. The molecule has 0 aliphatic heterocycles. The highest BCUT2D eigenvalue weighted by Crippen LogP contribution is 2.01. The molecule has 3 amide bonds. The van der Waals surface area contributed by atoms with E-state index >= 15 is 0 Å². The van der Waals surface area contributed by atoms with Crippen LogP contribution in [0.2, 0.25) is 0 Å². The highest BCUT2D eigenvalue weighted by molar-refractivity contribution is 7.80. The predicted octanol–water partition coefficient (Wildman–Crippen LogP) is -2.95. The molecule has 0 saturated heterocycles. The summed E-state index contributed by atoms with van der Waals surface area (Å²) in [5, 5.41) is 33.8. The average Bonchev–Trinajstić information content (AvgIpc) is 2.60. The minimum Gasteiger partial charge on any atom is -0.481 e. The molecule has 0 radical (unpaired) electrons. The van der Waals surface area contributed by atoms with E-state index in [1.54, 1.807) is 0 Å². The van der Waals surface area contributed by atoms with Gasteiger partial charge in [0, 0.05) is 12.2 Å². The van der Waals surface area contributed by atoms with Gasteiger partial charge < -0.3 is 37.0 Å². The van der Waals surface area contributed by atoms with Gasteiger partial charge in [0.2, 0.25) is 17.7 Å². The van der Waals surface area contributed by atoms with Crippen LogP contribution in [0.1, 0.15) is 26.7 Å². The summed E-state index contributed by atoms with van der Waals surface area (Å²) in [5.41, 5.74) is 5.55. The molecule has 160 valence electrons. The third-order valence-corrected chi connectivity index (χ3v) is 3.98. The summed E-state index contributed by atoms with van der Waals surface area (Å²) in [5.74, 6) is -5.19. The molecule has 0 aromatic rings. The van der Waals surface area contributed by atoms with Gasteiger partial charge in [-0.15, -0.1) is 0 Å². The van der Waals surface area contributed by atoms with E-state index in [0.29, 0.717) is 0 Å². The van der Waals surface area contributed by atoms with Crippen molar-refractivity contribution in [3.63, 3.8) is 0 Å². The van der Waals surface area contributed by atoms with Crippen LogP contribution in [0.3, 0.4) is 0 Å². The lowest BCUT2D eigenvalue weighted by molar-refractivity contribution is -0.142. The fourth-order valence-corrected chi connectivity index (χ4v) is 2.16. The Hall–Kier alpha value is -2.38. The van der Waals surface area contributed by atoms with Gasteiger partial charge in [-0.2, -0.15) is 12.6 Å². The molecule has 8 N–H and O–H groups in total. The normalized spacial score (nSPS) is 16.0. The first-order valence-electron chi connectivity index (χ1n) is 8.30. The Morgan fingerprint density at radius 1 is 0.964 bits per heavy atom. The Morgan fingerprint density at radius 2 is 1.54 bits per heavy atom. The number of aliphatic hydroxyl groups is 1. The zero-order valence-electron chi connectivity index (χ0n) is 15.4. The minimum atomic E-state index is -1.48. The number of aliphatic hydroxyl groups excluding tert-OH is 1. The number of rotatable bonds is 12. The number of hydrogen-bond acceptors (Lipinski definition) is 8. The van der Waals surface area contributed by atoms with Crippen LogP contribution in [-0.2, 0) is 24.0 Å². The third kappa shape index (κ3) is 9.01. The molecule has 0 bridgehead atoms. The highest BCUT2D eigenvalue weighted by atomic mass is 32.1. The molecule has 0 aromatic heterocycles. The average molecular weight is 422 g/mol. The van der Waals surface area contributed by atoms with Crippen molar-refractivity contribution in [1.29, 1.82) is 0 Å². The summed E-state index contributed by atoms with van der Waals surface area (Å²) in [6.45, 7) is 2.45. The lowest BCUT2D eigenvalue weighted by Crippen LogP contribution is -2.60. The van der Waals surface area contributed by atoms with E-state index in [1.165, 1.54) is 13.8 Å². The largest absolute Gasteiger partial charge is 0.481 e. The molecule has 13 heteroatoms. The summed E-state index contributed by atoms with van der Waals surface area (Å²) in [4.78, 5) is 57.7. The van der Waals surface area contributed by atoms with Crippen molar-refractivity contribution in [3.8, 4) is 0 Å². The van der Waals surface area contributed by atoms with Crippen LogP contribution in [0, 0.1) is 0 Å². The molecule has 12 nitrogen and oxygen atoms in total. The minimum absolute atomic E-state index is 0.177. The van der Waals surface area contributed by atoms with Gasteiger partial charge in [-0.05, 0) is 20.3 Å². The van der Waals surface area contributed by atoms with Crippen LogP contribution >= 0.6 is 12.6 Å². The summed E-state index contributed by atoms with van der Waals surface area (Å²) >= 11 is 3.92. The van der Waals surface area contributed by atoms with Gasteiger partial charge in [-0.3, -0.25) is 24.0 Å². The summed E-state index contributed by atoms with van der Waals surface area (Å²) in [6, 6.07) is -5.12. The molecule has 0 spiro atoms. The smallest absolute Gasteiger partial charge is 0.325 e. The maximum atomic E-state index is 12.4. The molecular formula is C15H26N4O8S. The van der Waals surface area contributed by atoms with Crippen molar-refractivity contribution in [3.05, 3.63) is 0 Å². The first-order valence-corrected chi connectivity index (χ1v) is 8.94. The standard InChI is InChI=1S/C15H26N4O8S/c1-6(15(26)27)17-13(24)9(5-28)18-14(25)11(7(2)20)19-12(23)8(16)3-4-10(21)22/h6-9,11,20,28H,3-5,16H2,1-2H3,(H,17,24)(H,18,25)(H,19,23)(H,21,22)(H,26,27). The SMILES string of the molecule is CC(NC(=O)C(CS)NC(=O)C(NC(=O)C(N)CCC(=O)O)C(C)O)C(=O)O. The molecule has 28 heavy (non-hydrogen) atoms. The van der Waals surface area contributed by atoms with E-state index in [1.807, 2.05) is 0 Å². The molecule has 0 heterocycles. The fourth-order valence-electron chi connectivity index (χ4n) is 1.91. The van der Waals surface area contributed by atoms with E-state index in [0.717, 1.165) is 0 Å². The van der Waals surface area contributed by atoms with E-state index in [9.17, 15) is 29.1 Å². The Bertz CT molecular complexity index is 601. The quantitative estimate of drug-likeness (QED) is 0.151. The molecule has 0 rings (SSSR count). The third-order valence-electron chi connectivity index (χ3n) is 3.61. The Kier molecular flexibility index (Phi) is 11.1. The Morgan fingerprint density at radius 3 is 1.96 bits per heavy atom. The molecule has 5 unspecified atom stereocenters. The molecule has 0 aliphatic carbocycles. The zero-order valence-corrected chi connectivity index (χ0v) is 16.3. The van der Waals surface area contributed by atoms with Crippen molar-refractivity contribution in [2.24, 2.45) is 5.73 Å². The molecule has 0 aromatic carbocycles. The second-order valence-electron chi connectivity index (χ2n) is 6.08. The number of aliphatic carboxylic acids is 2. The number of thiol groups is 1. The van der Waals surface area contributed by atoms with Crippen molar-refractivity contribution in [2.75, 3.05) is 5.75 Å². The van der Waals surface area contributed by atoms with Crippen LogP contribution in [0.25, 0.3) is 0 Å². The summed E-state index contributed by atoms with van der Waals surface area (Å²) in [7, 11) is 0. The fraction of sp³-hybridized carbons (Fsp3) is 0.667. The van der Waals surface area contributed by atoms with Gasteiger partial charge >= 0.3 is 11.9 Å². The van der Waals surface area contributed by atoms with Gasteiger partial charge in [0.15, 0.2) is 0 Å². The lowest BCUT2D eigenvalue weighted by atomic mass is 10.1. The van der Waals surface area contributed by atoms with Crippen molar-refractivity contribution in [2.45, 2.75) is 57.0 Å².